The molecule has 0 saturated carbocycles. The van der Waals surface area contributed by atoms with Gasteiger partial charge in [0.15, 0.2) is 6.61 Å². The Balaban J connectivity index is 2.01. The van der Waals surface area contributed by atoms with Crippen LogP contribution in [0.4, 0.5) is 5.69 Å². The van der Waals surface area contributed by atoms with Crippen molar-refractivity contribution in [1.29, 1.82) is 0 Å². The number of terminal acetylenes is 1. The molecule has 7 heteroatoms. The van der Waals surface area contributed by atoms with Crippen molar-refractivity contribution in [3.05, 3.63) is 24.3 Å². The monoisotopic (exact) mass is 316 g/mol. The van der Waals surface area contributed by atoms with Crippen molar-refractivity contribution < 1.29 is 23.9 Å². The summed E-state index contributed by atoms with van der Waals surface area (Å²) < 4.78 is 10.5. The summed E-state index contributed by atoms with van der Waals surface area (Å²) in [4.78, 5) is 36.6. The van der Waals surface area contributed by atoms with Crippen molar-refractivity contribution in [3.8, 4) is 18.1 Å². The number of ether oxygens (including phenoxy) is 2. The highest BCUT2D eigenvalue weighted by Crippen LogP contribution is 2.33. The summed E-state index contributed by atoms with van der Waals surface area (Å²) in [7, 11) is 0. The van der Waals surface area contributed by atoms with Gasteiger partial charge in [0.1, 0.15) is 5.75 Å². The predicted octanol–water partition coefficient (Wildman–Crippen LogP) is 0.0931. The third-order valence-corrected chi connectivity index (χ3v) is 3.15. The van der Waals surface area contributed by atoms with Gasteiger partial charge in [0, 0.05) is 6.92 Å². The summed E-state index contributed by atoms with van der Waals surface area (Å²) in [5.41, 5.74) is 0.593. The number of carbonyl (C=O) groups is 3. The second-order valence-electron chi connectivity index (χ2n) is 4.79. The van der Waals surface area contributed by atoms with Crippen LogP contribution in [0.25, 0.3) is 0 Å². The van der Waals surface area contributed by atoms with Crippen LogP contribution < -0.4 is 15.0 Å². The number of rotatable bonds is 4. The number of fused-ring (bicyclic) bond motifs is 1. The number of hydrogen-bond donors (Lipinski definition) is 1. The lowest BCUT2D eigenvalue weighted by Gasteiger charge is -2.33. The van der Waals surface area contributed by atoms with E-state index < -0.39 is 24.6 Å². The molecule has 2 amide bonds. The highest BCUT2D eigenvalue weighted by Gasteiger charge is 2.33. The Morgan fingerprint density at radius 1 is 1.43 bits per heavy atom. The maximum absolute atomic E-state index is 12.0. The lowest BCUT2D eigenvalue weighted by molar-refractivity contribution is -0.155. The molecule has 0 bridgehead atoms. The third-order valence-electron chi connectivity index (χ3n) is 3.15. The molecule has 0 unspecified atom stereocenters. The van der Waals surface area contributed by atoms with Crippen LogP contribution in [-0.4, -0.2) is 43.6 Å². The van der Waals surface area contributed by atoms with Gasteiger partial charge < -0.3 is 19.7 Å². The number of benzene rings is 1. The van der Waals surface area contributed by atoms with Gasteiger partial charge in [0.05, 0.1) is 18.8 Å². The number of amides is 2. The standard InChI is InChI=1S/C16H16N2O5/c1-3-8-17-15(20)10-22-16(21)14-9-18(11(2)19)12-6-4-5-7-13(12)23-14/h1,4-7,14H,8-10H2,2H3,(H,17,20)/t14-/m1/s1. The van der Waals surface area contributed by atoms with Crippen molar-refractivity contribution in [3.63, 3.8) is 0 Å². The zero-order chi connectivity index (χ0) is 16.8. The number of anilines is 1. The molecule has 0 aromatic heterocycles. The van der Waals surface area contributed by atoms with E-state index in [1.807, 2.05) is 0 Å². The highest BCUT2D eigenvalue weighted by molar-refractivity contribution is 5.95. The Bertz CT molecular complexity index is 665. The third kappa shape index (κ3) is 4.01. The van der Waals surface area contributed by atoms with E-state index in [2.05, 4.69) is 11.2 Å². The molecular weight excluding hydrogens is 300 g/mol. The fourth-order valence-electron chi connectivity index (χ4n) is 2.09. The van der Waals surface area contributed by atoms with Crippen LogP contribution in [0.15, 0.2) is 24.3 Å². The molecule has 0 radical (unpaired) electrons. The van der Waals surface area contributed by atoms with Crippen LogP contribution in [0.3, 0.4) is 0 Å². The molecule has 1 atom stereocenters. The van der Waals surface area contributed by atoms with E-state index in [9.17, 15) is 14.4 Å². The normalized spacial score (nSPS) is 15.7. The molecular formula is C16H16N2O5. The van der Waals surface area contributed by atoms with Crippen LogP contribution in [-0.2, 0) is 19.1 Å². The summed E-state index contributed by atoms with van der Waals surface area (Å²) in [5, 5.41) is 2.38. The average molecular weight is 316 g/mol. The summed E-state index contributed by atoms with van der Waals surface area (Å²) in [6.45, 7) is 1.03. The predicted molar refractivity (Wildman–Crippen MR) is 81.7 cm³/mol. The summed E-state index contributed by atoms with van der Waals surface area (Å²) in [6, 6.07) is 6.89. The van der Waals surface area contributed by atoms with E-state index in [0.717, 1.165) is 0 Å². The van der Waals surface area contributed by atoms with Crippen LogP contribution in [0.5, 0.6) is 5.75 Å². The Labute approximate surface area is 133 Å². The number of nitrogens with one attached hydrogen (secondary N) is 1. The molecule has 2 rings (SSSR count). The minimum Gasteiger partial charge on any atom is -0.475 e. The van der Waals surface area contributed by atoms with Crippen LogP contribution in [0.1, 0.15) is 6.92 Å². The molecule has 1 heterocycles. The molecule has 0 saturated heterocycles. The van der Waals surface area contributed by atoms with Gasteiger partial charge >= 0.3 is 5.97 Å². The smallest absolute Gasteiger partial charge is 0.349 e. The Morgan fingerprint density at radius 3 is 2.87 bits per heavy atom. The Morgan fingerprint density at radius 2 is 2.17 bits per heavy atom. The molecule has 7 nitrogen and oxygen atoms in total. The number of carbonyl (C=O) groups excluding carboxylic acids is 3. The van der Waals surface area contributed by atoms with E-state index in [0.29, 0.717) is 11.4 Å². The summed E-state index contributed by atoms with van der Waals surface area (Å²) in [5.74, 6) is 1.21. The van der Waals surface area contributed by atoms with Crippen LogP contribution >= 0.6 is 0 Å². The lowest BCUT2D eigenvalue weighted by Crippen LogP contribution is -2.47. The minimum absolute atomic E-state index is 0.0250. The van der Waals surface area contributed by atoms with E-state index in [-0.39, 0.29) is 19.0 Å². The fraction of sp³-hybridized carbons (Fsp3) is 0.312. The molecule has 120 valence electrons. The van der Waals surface area contributed by atoms with Gasteiger partial charge in [-0.3, -0.25) is 9.59 Å². The Kier molecular flexibility index (Phi) is 5.20. The fourth-order valence-corrected chi connectivity index (χ4v) is 2.09. The largest absolute Gasteiger partial charge is 0.475 e. The van der Waals surface area contributed by atoms with E-state index >= 15 is 0 Å². The molecule has 0 fully saturated rings. The first kappa shape index (κ1) is 16.4. The zero-order valence-corrected chi connectivity index (χ0v) is 12.6. The van der Waals surface area contributed by atoms with E-state index in [1.54, 1.807) is 24.3 Å². The van der Waals surface area contributed by atoms with Gasteiger partial charge in [-0.1, -0.05) is 18.1 Å². The van der Waals surface area contributed by atoms with Gasteiger partial charge in [-0.2, -0.15) is 0 Å². The second kappa shape index (κ2) is 7.31. The number of hydrogen-bond acceptors (Lipinski definition) is 5. The van der Waals surface area contributed by atoms with Gasteiger partial charge in [-0.15, -0.1) is 6.42 Å². The van der Waals surface area contributed by atoms with Crippen molar-refractivity contribution in [2.75, 3.05) is 24.6 Å². The van der Waals surface area contributed by atoms with Crippen LogP contribution in [0.2, 0.25) is 0 Å². The topological polar surface area (TPSA) is 84.9 Å². The maximum Gasteiger partial charge on any atom is 0.349 e. The summed E-state index contributed by atoms with van der Waals surface area (Å²) in [6.07, 6.45) is 4.02. The highest BCUT2D eigenvalue weighted by atomic mass is 16.6. The quantitative estimate of drug-likeness (QED) is 0.629. The van der Waals surface area contributed by atoms with Gasteiger partial charge in [0.2, 0.25) is 12.0 Å². The van der Waals surface area contributed by atoms with Gasteiger partial charge in [-0.25, -0.2) is 4.79 Å². The first-order valence-electron chi connectivity index (χ1n) is 6.93. The SMILES string of the molecule is C#CCNC(=O)COC(=O)[C@H]1CN(C(C)=O)c2ccccc2O1. The van der Waals surface area contributed by atoms with Crippen LogP contribution in [0, 0.1) is 12.3 Å². The first-order valence-corrected chi connectivity index (χ1v) is 6.93. The Hall–Kier alpha value is -3.01. The average Bonchev–Trinajstić information content (AvgIpc) is 2.56. The maximum atomic E-state index is 12.0. The molecule has 23 heavy (non-hydrogen) atoms. The van der Waals surface area contributed by atoms with Crippen molar-refractivity contribution in [2.24, 2.45) is 0 Å². The summed E-state index contributed by atoms with van der Waals surface area (Å²) >= 11 is 0. The molecule has 1 aromatic carbocycles. The second-order valence-corrected chi connectivity index (χ2v) is 4.79. The zero-order valence-electron chi connectivity index (χ0n) is 12.6. The van der Waals surface area contributed by atoms with Crippen molar-refractivity contribution >= 4 is 23.5 Å². The number of esters is 1. The molecule has 0 spiro atoms. The number of nitrogens with zero attached hydrogens (tertiary/aromatic N) is 1. The minimum atomic E-state index is -0.991. The van der Waals surface area contributed by atoms with Crippen molar-refractivity contribution in [1.82, 2.24) is 5.32 Å². The van der Waals surface area contributed by atoms with Gasteiger partial charge in [-0.05, 0) is 12.1 Å². The molecule has 1 N–H and O–H groups in total. The van der Waals surface area contributed by atoms with Gasteiger partial charge in [0.25, 0.3) is 5.91 Å². The molecule has 0 aliphatic carbocycles. The van der Waals surface area contributed by atoms with E-state index in [1.165, 1.54) is 11.8 Å². The lowest BCUT2D eigenvalue weighted by atomic mass is 10.2. The molecule has 1 aliphatic heterocycles. The van der Waals surface area contributed by atoms with E-state index in [4.69, 9.17) is 15.9 Å². The molecule has 1 aromatic rings. The first-order chi connectivity index (χ1) is 11.0. The molecule has 1 aliphatic rings. The van der Waals surface area contributed by atoms with Crippen molar-refractivity contribution in [2.45, 2.75) is 13.0 Å². The number of para-hydroxylation sites is 2.